The van der Waals surface area contributed by atoms with Crippen LogP contribution in [0.15, 0.2) is 33.7 Å². The molecule has 1 N–H and O–H groups in total. The Bertz CT molecular complexity index is 593. The molecular formula is C13H14BrNO. The van der Waals surface area contributed by atoms with Gasteiger partial charge in [-0.3, -0.25) is 4.79 Å². The van der Waals surface area contributed by atoms with E-state index in [0.717, 1.165) is 16.5 Å². The largest absolute Gasteiger partial charge is 0.360 e. The maximum atomic E-state index is 11.9. The Hall–Kier alpha value is -1.09. The zero-order valence-electron chi connectivity index (χ0n) is 9.60. The first-order valence-corrected chi connectivity index (χ1v) is 6.01. The monoisotopic (exact) mass is 279 g/mol. The van der Waals surface area contributed by atoms with Crippen LogP contribution < -0.4 is 5.43 Å². The van der Waals surface area contributed by atoms with E-state index in [4.69, 9.17) is 0 Å². The predicted molar refractivity (Wildman–Crippen MR) is 71.0 cm³/mol. The van der Waals surface area contributed by atoms with Gasteiger partial charge in [-0.2, -0.15) is 0 Å². The molecule has 0 aliphatic rings. The van der Waals surface area contributed by atoms with Gasteiger partial charge in [0.1, 0.15) is 0 Å². The fourth-order valence-corrected chi connectivity index (χ4v) is 2.18. The number of fused-ring (bicyclic) bond motifs is 1. The molecule has 0 atom stereocenters. The molecule has 0 saturated carbocycles. The fourth-order valence-electron chi connectivity index (χ4n) is 1.85. The number of aromatic nitrogens is 1. The van der Waals surface area contributed by atoms with Gasteiger partial charge in [0.2, 0.25) is 5.43 Å². The van der Waals surface area contributed by atoms with Gasteiger partial charge < -0.3 is 4.98 Å². The average Bonchev–Trinajstić information content (AvgIpc) is 2.21. The zero-order chi connectivity index (χ0) is 11.9. The lowest BCUT2D eigenvalue weighted by Crippen LogP contribution is -2.14. The van der Waals surface area contributed by atoms with Crippen LogP contribution in [-0.2, 0) is 5.41 Å². The topological polar surface area (TPSA) is 32.9 Å². The van der Waals surface area contributed by atoms with E-state index in [1.807, 2.05) is 12.1 Å². The van der Waals surface area contributed by atoms with Crippen molar-refractivity contribution in [3.8, 4) is 0 Å². The van der Waals surface area contributed by atoms with Crippen LogP contribution in [0.3, 0.4) is 0 Å². The third-order valence-electron chi connectivity index (χ3n) is 2.68. The Kier molecular flexibility index (Phi) is 2.66. The van der Waals surface area contributed by atoms with Crippen LogP contribution in [0.2, 0.25) is 0 Å². The van der Waals surface area contributed by atoms with Crippen LogP contribution in [0.1, 0.15) is 26.3 Å². The van der Waals surface area contributed by atoms with Crippen molar-refractivity contribution in [1.82, 2.24) is 4.98 Å². The van der Waals surface area contributed by atoms with E-state index in [9.17, 15) is 4.79 Å². The highest BCUT2D eigenvalue weighted by Crippen LogP contribution is 2.27. The number of H-pyrrole nitrogens is 1. The molecule has 16 heavy (non-hydrogen) atoms. The van der Waals surface area contributed by atoms with Crippen molar-refractivity contribution >= 4 is 26.8 Å². The van der Waals surface area contributed by atoms with Gasteiger partial charge in [0.15, 0.2) is 0 Å². The first-order valence-electron chi connectivity index (χ1n) is 5.21. The first kappa shape index (κ1) is 11.4. The van der Waals surface area contributed by atoms with Crippen LogP contribution >= 0.6 is 15.9 Å². The minimum atomic E-state index is 0.0241. The van der Waals surface area contributed by atoms with E-state index < -0.39 is 0 Å². The molecular weight excluding hydrogens is 266 g/mol. The molecule has 84 valence electrons. The van der Waals surface area contributed by atoms with Crippen LogP contribution in [0.25, 0.3) is 10.9 Å². The van der Waals surface area contributed by atoms with Crippen molar-refractivity contribution in [2.75, 3.05) is 0 Å². The molecule has 1 aromatic carbocycles. The lowest BCUT2D eigenvalue weighted by atomic mass is 9.85. The first-order chi connectivity index (χ1) is 7.41. The molecule has 0 aliphatic heterocycles. The number of hydrogen-bond acceptors (Lipinski definition) is 1. The van der Waals surface area contributed by atoms with Crippen LogP contribution in [0.5, 0.6) is 0 Å². The lowest BCUT2D eigenvalue weighted by molar-refractivity contribution is 0.594. The van der Waals surface area contributed by atoms with Gasteiger partial charge in [0.25, 0.3) is 0 Å². The number of halogens is 1. The van der Waals surface area contributed by atoms with Crippen molar-refractivity contribution < 1.29 is 0 Å². The van der Waals surface area contributed by atoms with Crippen molar-refractivity contribution in [3.05, 3.63) is 44.7 Å². The maximum absolute atomic E-state index is 11.9. The highest BCUT2D eigenvalue weighted by Gasteiger charge is 2.17. The van der Waals surface area contributed by atoms with E-state index in [1.54, 1.807) is 6.20 Å². The number of rotatable bonds is 0. The molecule has 0 amide bonds. The predicted octanol–water partition coefficient (Wildman–Crippen LogP) is 3.59. The summed E-state index contributed by atoms with van der Waals surface area (Å²) in [4.78, 5) is 15.1. The molecule has 0 aliphatic carbocycles. The minimum Gasteiger partial charge on any atom is -0.360 e. The van der Waals surface area contributed by atoms with Crippen LogP contribution in [0.4, 0.5) is 0 Å². The summed E-state index contributed by atoms with van der Waals surface area (Å²) in [6.45, 7) is 6.42. The smallest absolute Gasteiger partial charge is 0.203 e. The second-order valence-electron chi connectivity index (χ2n) is 4.94. The number of pyridine rings is 1. The lowest BCUT2D eigenvalue weighted by Gasteiger charge is -2.20. The van der Waals surface area contributed by atoms with Gasteiger partial charge in [-0.25, -0.2) is 0 Å². The zero-order valence-corrected chi connectivity index (χ0v) is 11.2. The van der Waals surface area contributed by atoms with E-state index >= 15 is 0 Å². The summed E-state index contributed by atoms with van der Waals surface area (Å²) in [5.41, 5.74) is 2.16. The average molecular weight is 280 g/mol. The maximum Gasteiger partial charge on any atom is 0.203 e. The second kappa shape index (κ2) is 3.74. The van der Waals surface area contributed by atoms with Gasteiger partial charge >= 0.3 is 0 Å². The molecule has 1 aromatic heterocycles. The van der Waals surface area contributed by atoms with E-state index in [2.05, 4.69) is 47.8 Å². The molecule has 2 aromatic rings. The SMILES string of the molecule is CC(C)(C)c1cccc2c(=O)c(Br)c[nH]c12. The van der Waals surface area contributed by atoms with Crippen molar-refractivity contribution in [3.63, 3.8) is 0 Å². The Morgan fingerprint density at radius 3 is 2.56 bits per heavy atom. The van der Waals surface area contributed by atoms with Gasteiger partial charge in [0.05, 0.1) is 9.99 Å². The second-order valence-corrected chi connectivity index (χ2v) is 5.80. The quantitative estimate of drug-likeness (QED) is 0.786. The number of hydrogen-bond donors (Lipinski definition) is 1. The van der Waals surface area contributed by atoms with Gasteiger partial charge in [-0.05, 0) is 33.0 Å². The normalized spacial score (nSPS) is 12.0. The van der Waals surface area contributed by atoms with Gasteiger partial charge in [0, 0.05) is 11.6 Å². The third-order valence-corrected chi connectivity index (χ3v) is 3.27. The Morgan fingerprint density at radius 1 is 1.25 bits per heavy atom. The van der Waals surface area contributed by atoms with Crippen molar-refractivity contribution in [1.29, 1.82) is 0 Å². The van der Waals surface area contributed by atoms with E-state index in [0.29, 0.717) is 4.47 Å². The summed E-state index contributed by atoms with van der Waals surface area (Å²) in [5.74, 6) is 0. The standard InChI is InChI=1S/C13H14BrNO/c1-13(2,3)9-6-4-5-8-11(9)15-7-10(14)12(8)16/h4-7H,1-3H3,(H,15,16). The molecule has 2 rings (SSSR count). The van der Waals surface area contributed by atoms with Crippen molar-refractivity contribution in [2.24, 2.45) is 0 Å². The number of para-hydroxylation sites is 1. The van der Waals surface area contributed by atoms with E-state index in [1.165, 1.54) is 0 Å². The molecule has 0 bridgehead atoms. The third kappa shape index (κ3) is 1.80. The van der Waals surface area contributed by atoms with Crippen LogP contribution in [0, 0.1) is 0 Å². The summed E-state index contributed by atoms with van der Waals surface area (Å²) >= 11 is 3.25. The molecule has 2 nitrogen and oxygen atoms in total. The summed E-state index contributed by atoms with van der Waals surface area (Å²) in [5, 5.41) is 0.738. The Labute approximate surface area is 103 Å². The fraction of sp³-hybridized carbons (Fsp3) is 0.308. The van der Waals surface area contributed by atoms with Crippen LogP contribution in [-0.4, -0.2) is 4.98 Å². The number of benzene rings is 1. The molecule has 3 heteroatoms. The summed E-state index contributed by atoms with van der Waals surface area (Å²) in [7, 11) is 0. The molecule has 0 saturated heterocycles. The molecule has 0 radical (unpaired) electrons. The molecule has 0 spiro atoms. The number of nitrogens with one attached hydrogen (secondary N) is 1. The summed E-state index contributed by atoms with van der Waals surface area (Å²) < 4.78 is 0.575. The minimum absolute atomic E-state index is 0.0241. The highest BCUT2D eigenvalue weighted by molar-refractivity contribution is 9.10. The molecule has 0 unspecified atom stereocenters. The van der Waals surface area contributed by atoms with Gasteiger partial charge in [-0.1, -0.05) is 32.9 Å². The summed E-state index contributed by atoms with van der Waals surface area (Å²) in [6.07, 6.45) is 1.71. The van der Waals surface area contributed by atoms with E-state index in [-0.39, 0.29) is 10.8 Å². The van der Waals surface area contributed by atoms with Crippen molar-refractivity contribution in [2.45, 2.75) is 26.2 Å². The Balaban J connectivity index is 2.91. The molecule has 0 fully saturated rings. The Morgan fingerprint density at radius 2 is 1.94 bits per heavy atom. The molecule has 1 heterocycles. The number of aromatic amines is 1. The highest BCUT2D eigenvalue weighted by atomic mass is 79.9. The summed E-state index contributed by atoms with van der Waals surface area (Å²) in [6, 6.07) is 5.85. The van der Waals surface area contributed by atoms with Gasteiger partial charge in [-0.15, -0.1) is 0 Å².